The molecule has 3 heterocycles. The zero-order valence-corrected chi connectivity index (χ0v) is 26.7. The van der Waals surface area contributed by atoms with Crippen molar-refractivity contribution in [1.82, 2.24) is 24.6 Å². The number of nitrogens with zero attached hydrogens (tertiary/aromatic N) is 4. The number of hydrogen-bond donors (Lipinski definition) is 3. The first-order valence-corrected chi connectivity index (χ1v) is 15.9. The molecule has 5 unspecified atom stereocenters. The summed E-state index contributed by atoms with van der Waals surface area (Å²) < 4.78 is 35.4. The molecule has 0 amide bonds. The first kappa shape index (κ1) is 33.9. The molecule has 5 atom stereocenters. The summed E-state index contributed by atoms with van der Waals surface area (Å²) in [5.41, 5.74) is 5.82. The van der Waals surface area contributed by atoms with E-state index in [4.69, 9.17) is 47.5 Å². The van der Waals surface area contributed by atoms with Crippen LogP contribution in [-0.2, 0) is 32.7 Å². The molecule has 0 radical (unpaired) electrons. The van der Waals surface area contributed by atoms with Crippen LogP contribution < -0.4 is 10.8 Å². The third-order valence-corrected chi connectivity index (χ3v) is 9.46. The number of fused-ring (bicyclic) bond motifs is 1. The van der Waals surface area contributed by atoms with Crippen molar-refractivity contribution in [3.05, 3.63) is 12.7 Å². The maximum atomic E-state index is 13.7. The van der Waals surface area contributed by atoms with Gasteiger partial charge in [-0.15, -0.1) is 0 Å². The minimum absolute atomic E-state index is 0.0770. The Kier molecular flexibility index (Phi) is 11.1. The molecule has 4 N–H and O–H groups in total. The summed E-state index contributed by atoms with van der Waals surface area (Å²) in [5.74, 6) is -0.388. The lowest BCUT2D eigenvalue weighted by Gasteiger charge is -2.25. The Bertz CT molecular complexity index is 1290. The highest BCUT2D eigenvalue weighted by Crippen LogP contribution is 2.50. The van der Waals surface area contributed by atoms with Crippen LogP contribution in [0.3, 0.4) is 0 Å². The van der Waals surface area contributed by atoms with E-state index in [1.165, 1.54) is 24.1 Å². The molecular formula is C23H35Cl2N6O8PS. The van der Waals surface area contributed by atoms with Gasteiger partial charge in [0.1, 0.15) is 30.1 Å². The molecule has 230 valence electrons. The summed E-state index contributed by atoms with van der Waals surface area (Å²) in [5, 5.41) is 13.4. The number of carbonyl (C=O) groups is 2. The summed E-state index contributed by atoms with van der Waals surface area (Å²) in [7, 11) is -4.23. The number of anilines is 1. The molecular weight excluding hydrogens is 622 g/mol. The van der Waals surface area contributed by atoms with Gasteiger partial charge in [0.2, 0.25) is 0 Å². The van der Waals surface area contributed by atoms with Gasteiger partial charge in [0.25, 0.3) is 0 Å². The standard InChI is InChI=1S/C23H35Cl2N6O8PS/c1-12(2)38-19(33)13(3)30-40(35,36-7-8-41-21(34)22(4,5)6)37-9-14-16(32)23(24,25)20(39-14)31-11-29-15-17(26)27-10-28-18(15)31/h10-14,16,20,32H,7-9H2,1-6H3,(H,30,35)(H2,26,27,28). The third kappa shape index (κ3) is 8.30. The molecule has 0 bridgehead atoms. The average Bonchev–Trinajstić information content (AvgIpc) is 3.38. The van der Waals surface area contributed by atoms with Crippen molar-refractivity contribution in [3.8, 4) is 0 Å². The van der Waals surface area contributed by atoms with E-state index in [9.17, 15) is 19.3 Å². The van der Waals surface area contributed by atoms with Crippen molar-refractivity contribution < 1.29 is 37.8 Å². The molecule has 18 heteroatoms. The monoisotopic (exact) mass is 656 g/mol. The van der Waals surface area contributed by atoms with Crippen LogP contribution in [0.2, 0.25) is 0 Å². The normalized spacial score (nSPS) is 23.0. The largest absolute Gasteiger partial charge is 0.462 e. The molecule has 41 heavy (non-hydrogen) atoms. The van der Waals surface area contributed by atoms with Gasteiger partial charge in [-0.3, -0.25) is 23.2 Å². The van der Waals surface area contributed by atoms with Crippen LogP contribution in [0.4, 0.5) is 5.82 Å². The van der Waals surface area contributed by atoms with E-state index < -0.39 is 60.7 Å². The van der Waals surface area contributed by atoms with Crippen molar-refractivity contribution >= 4 is 70.8 Å². The second-order valence-corrected chi connectivity index (χ2v) is 14.9. The van der Waals surface area contributed by atoms with Gasteiger partial charge in [0.15, 0.2) is 27.1 Å². The van der Waals surface area contributed by atoms with Crippen LogP contribution >= 0.6 is 42.7 Å². The number of hydrogen-bond acceptors (Lipinski definition) is 13. The fraction of sp³-hybridized carbons (Fsp3) is 0.696. The SMILES string of the molecule is CC(C)OC(=O)C(C)NP(=O)(OCCSC(=O)C(C)(C)C)OCC1OC(n2cnc3c(N)ncnc32)C(Cl)(Cl)C1O. The smallest absolute Gasteiger partial charge is 0.406 e. The Labute approximate surface area is 251 Å². The van der Waals surface area contributed by atoms with Gasteiger partial charge < -0.3 is 20.3 Å². The van der Waals surface area contributed by atoms with Crippen LogP contribution in [0.15, 0.2) is 12.7 Å². The van der Waals surface area contributed by atoms with E-state index in [-0.39, 0.29) is 34.5 Å². The summed E-state index contributed by atoms with van der Waals surface area (Å²) >= 11 is 14.0. The van der Waals surface area contributed by atoms with Gasteiger partial charge in [0, 0.05) is 11.2 Å². The quantitative estimate of drug-likeness (QED) is 0.131. The van der Waals surface area contributed by atoms with E-state index in [0.717, 1.165) is 11.8 Å². The molecule has 1 aliphatic heterocycles. The Balaban J connectivity index is 1.74. The number of aliphatic hydroxyl groups is 1. The van der Waals surface area contributed by atoms with Gasteiger partial charge in [-0.05, 0) is 20.8 Å². The molecule has 0 aliphatic carbocycles. The second kappa shape index (κ2) is 13.4. The minimum atomic E-state index is -4.23. The highest BCUT2D eigenvalue weighted by molar-refractivity contribution is 8.13. The molecule has 2 aromatic rings. The van der Waals surface area contributed by atoms with Gasteiger partial charge in [0.05, 0.1) is 25.6 Å². The van der Waals surface area contributed by atoms with Gasteiger partial charge in [-0.1, -0.05) is 55.7 Å². The molecule has 1 fully saturated rings. The van der Waals surface area contributed by atoms with E-state index in [0.29, 0.717) is 0 Å². The van der Waals surface area contributed by atoms with Crippen molar-refractivity contribution in [2.45, 2.75) is 76.5 Å². The van der Waals surface area contributed by atoms with Crippen LogP contribution in [0.5, 0.6) is 0 Å². The second-order valence-electron chi connectivity index (χ2n) is 10.6. The molecule has 14 nitrogen and oxygen atoms in total. The zero-order chi connectivity index (χ0) is 30.8. The van der Waals surface area contributed by atoms with E-state index in [1.807, 2.05) is 0 Å². The lowest BCUT2D eigenvalue weighted by Crippen LogP contribution is -2.39. The lowest BCUT2D eigenvalue weighted by molar-refractivity contribution is -0.149. The van der Waals surface area contributed by atoms with Gasteiger partial charge in [-0.2, -0.15) is 0 Å². The van der Waals surface area contributed by atoms with E-state index in [2.05, 4.69) is 20.0 Å². The van der Waals surface area contributed by atoms with Crippen LogP contribution in [0, 0.1) is 5.41 Å². The lowest BCUT2D eigenvalue weighted by atomic mass is 10.00. The maximum Gasteiger partial charge on any atom is 0.406 e. The molecule has 3 rings (SSSR count). The fourth-order valence-electron chi connectivity index (χ4n) is 3.56. The average molecular weight is 658 g/mol. The summed E-state index contributed by atoms with van der Waals surface area (Å²) in [6, 6.07) is -1.09. The number of halogens is 2. The summed E-state index contributed by atoms with van der Waals surface area (Å²) in [6.07, 6.45) is -1.76. The molecule has 1 aliphatic rings. The fourth-order valence-corrected chi connectivity index (χ4v) is 6.54. The highest BCUT2D eigenvalue weighted by atomic mass is 35.5. The first-order chi connectivity index (χ1) is 19.0. The van der Waals surface area contributed by atoms with E-state index in [1.54, 1.807) is 34.6 Å². The number of aromatic nitrogens is 4. The summed E-state index contributed by atoms with van der Waals surface area (Å²) in [4.78, 5) is 36.8. The Morgan fingerprint density at radius 3 is 2.59 bits per heavy atom. The number of nitrogen functional groups attached to an aromatic ring is 1. The molecule has 0 spiro atoms. The number of nitrogens with two attached hydrogens (primary N) is 1. The van der Waals surface area contributed by atoms with Crippen molar-refractivity contribution in [2.24, 2.45) is 5.41 Å². The Morgan fingerprint density at radius 1 is 1.27 bits per heavy atom. The third-order valence-electron chi connectivity index (χ3n) is 5.68. The number of carbonyl (C=O) groups excluding carboxylic acids is 2. The number of rotatable bonds is 12. The first-order valence-electron chi connectivity index (χ1n) is 12.6. The Morgan fingerprint density at radius 2 is 1.95 bits per heavy atom. The maximum absolute atomic E-state index is 13.7. The Hall–Kier alpha value is -1.55. The minimum Gasteiger partial charge on any atom is -0.462 e. The van der Waals surface area contributed by atoms with Crippen LogP contribution in [-0.4, -0.2) is 83.4 Å². The zero-order valence-electron chi connectivity index (χ0n) is 23.4. The van der Waals surface area contributed by atoms with Crippen molar-refractivity contribution in [2.75, 3.05) is 24.7 Å². The number of esters is 1. The van der Waals surface area contributed by atoms with Crippen molar-refractivity contribution in [3.63, 3.8) is 0 Å². The van der Waals surface area contributed by atoms with Gasteiger partial charge >= 0.3 is 13.7 Å². The predicted molar refractivity (Wildman–Crippen MR) is 154 cm³/mol. The number of nitrogens with one attached hydrogen (secondary N) is 1. The van der Waals surface area contributed by atoms with Crippen molar-refractivity contribution in [1.29, 1.82) is 0 Å². The number of imidazole rings is 1. The molecule has 0 saturated carbocycles. The molecule has 0 aromatic carbocycles. The van der Waals surface area contributed by atoms with Crippen LogP contribution in [0.25, 0.3) is 11.2 Å². The number of ether oxygens (including phenoxy) is 2. The summed E-state index contributed by atoms with van der Waals surface area (Å²) in [6.45, 7) is 9.45. The highest BCUT2D eigenvalue weighted by Gasteiger charge is 2.56. The topological polar surface area (TPSA) is 190 Å². The number of aliphatic hydroxyl groups excluding tert-OH is 1. The van der Waals surface area contributed by atoms with E-state index >= 15 is 0 Å². The molecule has 2 aromatic heterocycles. The predicted octanol–water partition coefficient (Wildman–Crippen LogP) is 3.22. The number of alkyl halides is 2. The molecule has 1 saturated heterocycles. The van der Waals surface area contributed by atoms with Crippen LogP contribution in [0.1, 0.15) is 47.8 Å². The van der Waals surface area contributed by atoms with Gasteiger partial charge in [-0.25, -0.2) is 24.6 Å². The number of thioether (sulfide) groups is 1.